The lowest BCUT2D eigenvalue weighted by atomic mass is 9.55. The number of benzene rings is 2. The molecule has 0 radical (unpaired) electrons. The molecule has 9 rings (SSSR count). The van der Waals surface area contributed by atoms with Crippen LogP contribution in [-0.2, 0) is 11.8 Å². The lowest BCUT2D eigenvalue weighted by Gasteiger charge is -2.47. The molecule has 3 aromatic rings. The number of Topliss-reactive ketones (excluding diaryl/α,β-unsaturated/α-hetero) is 1. The summed E-state index contributed by atoms with van der Waals surface area (Å²) in [6, 6.07) is 15.8. The summed E-state index contributed by atoms with van der Waals surface area (Å²) in [5, 5.41) is 0.688. The molecule has 0 unspecified atom stereocenters. The lowest BCUT2D eigenvalue weighted by molar-refractivity contribution is 0.0398. The van der Waals surface area contributed by atoms with Crippen molar-refractivity contribution in [1.29, 1.82) is 0 Å². The molecule has 0 amide bonds. The molecular formula is C31H28O3. The summed E-state index contributed by atoms with van der Waals surface area (Å²) in [7, 11) is 0. The Hall–Kier alpha value is -2.68. The van der Waals surface area contributed by atoms with E-state index < -0.39 is 5.41 Å². The SMILES string of the molecule is O=C1c2ccccc2CC[C@]12c1oc3ccccc3c(=O)c1[C@H]1[C@H]3C[C@H]([C@H]4[C@@H]5CC[C@@H](C5)[C@@H]34)[C@H]12. The fourth-order valence-corrected chi connectivity index (χ4v) is 10.8. The zero-order chi connectivity index (χ0) is 22.3. The van der Waals surface area contributed by atoms with Gasteiger partial charge in [0.15, 0.2) is 11.2 Å². The van der Waals surface area contributed by atoms with Crippen LogP contribution in [0.1, 0.15) is 65.3 Å². The van der Waals surface area contributed by atoms with Crippen LogP contribution in [-0.4, -0.2) is 5.78 Å². The molecule has 2 aromatic carbocycles. The van der Waals surface area contributed by atoms with Crippen molar-refractivity contribution in [3.63, 3.8) is 0 Å². The number of carbonyl (C=O) groups excluding carboxylic acids is 1. The Labute approximate surface area is 198 Å². The second-order valence-corrected chi connectivity index (χ2v) is 12.2. The monoisotopic (exact) mass is 448 g/mol. The van der Waals surface area contributed by atoms with E-state index in [9.17, 15) is 9.59 Å². The zero-order valence-corrected chi connectivity index (χ0v) is 19.2. The van der Waals surface area contributed by atoms with Crippen molar-refractivity contribution in [3.8, 4) is 0 Å². The van der Waals surface area contributed by atoms with Crippen molar-refractivity contribution in [2.24, 2.45) is 41.4 Å². The Morgan fingerprint density at radius 2 is 1.62 bits per heavy atom. The van der Waals surface area contributed by atoms with Crippen molar-refractivity contribution in [2.75, 3.05) is 0 Å². The second-order valence-electron chi connectivity index (χ2n) is 12.2. The largest absolute Gasteiger partial charge is 0.459 e. The maximum atomic E-state index is 14.6. The van der Waals surface area contributed by atoms with Crippen LogP contribution in [0.4, 0.5) is 0 Å². The molecule has 4 fully saturated rings. The normalized spacial score (nSPS) is 42.3. The van der Waals surface area contributed by atoms with Gasteiger partial charge in [0.05, 0.1) is 10.8 Å². The van der Waals surface area contributed by atoms with Crippen LogP contribution in [0.15, 0.2) is 57.7 Å². The first-order valence-electron chi connectivity index (χ1n) is 13.4. The maximum absolute atomic E-state index is 14.6. The van der Waals surface area contributed by atoms with Gasteiger partial charge in [-0.3, -0.25) is 9.59 Å². The van der Waals surface area contributed by atoms with Crippen LogP contribution in [0, 0.1) is 41.4 Å². The minimum atomic E-state index is -0.663. The second kappa shape index (κ2) is 5.93. The average Bonchev–Trinajstić information content (AvgIpc) is 3.67. The number of para-hydroxylation sites is 1. The Balaban J connectivity index is 1.35. The predicted octanol–water partition coefficient (Wildman–Crippen LogP) is 5.89. The van der Waals surface area contributed by atoms with Gasteiger partial charge in [0.2, 0.25) is 0 Å². The van der Waals surface area contributed by atoms with Crippen LogP contribution in [0.25, 0.3) is 11.0 Å². The van der Waals surface area contributed by atoms with Crippen molar-refractivity contribution in [2.45, 2.75) is 49.9 Å². The third-order valence-electron chi connectivity index (χ3n) is 11.5. The Kier molecular flexibility index (Phi) is 3.25. The van der Waals surface area contributed by atoms with E-state index in [4.69, 9.17) is 4.42 Å². The molecule has 4 saturated carbocycles. The van der Waals surface area contributed by atoms with Crippen molar-refractivity contribution >= 4 is 16.8 Å². The fraction of sp³-hybridized carbons (Fsp3) is 0.484. The highest BCUT2D eigenvalue weighted by atomic mass is 16.3. The third-order valence-corrected chi connectivity index (χ3v) is 11.5. The van der Waals surface area contributed by atoms with Gasteiger partial charge in [0.25, 0.3) is 0 Å². The highest BCUT2D eigenvalue weighted by Crippen LogP contribution is 2.77. The standard InChI is InChI=1S/C31H28O3/c32-28-19-7-3-4-8-22(19)34-30-26(28)25-20-14-21(24-17-10-9-16(13-17)23(20)24)27(25)31(30)12-11-15-5-1-2-6-18(15)29(31)33/h1-8,16-17,20-21,23-25,27H,9-14H2/t16-,17+,20-,21+,23-,24+,25+,27+,31+/m0/s1. The number of hydrogen-bond acceptors (Lipinski definition) is 3. The summed E-state index contributed by atoms with van der Waals surface area (Å²) in [4.78, 5) is 28.7. The molecule has 1 heterocycles. The molecule has 9 atom stereocenters. The lowest BCUT2D eigenvalue weighted by Crippen LogP contribution is -2.49. The fourth-order valence-electron chi connectivity index (χ4n) is 10.8. The smallest absolute Gasteiger partial charge is 0.196 e. The summed E-state index contributed by atoms with van der Waals surface area (Å²) in [5.74, 6) is 5.79. The van der Waals surface area contributed by atoms with Crippen molar-refractivity contribution in [3.05, 3.63) is 81.2 Å². The topological polar surface area (TPSA) is 47.3 Å². The Morgan fingerprint density at radius 1 is 0.853 bits per heavy atom. The van der Waals surface area contributed by atoms with Gasteiger partial charge in [-0.05, 0) is 104 Å². The first-order valence-corrected chi connectivity index (χ1v) is 13.4. The average molecular weight is 449 g/mol. The summed E-state index contributed by atoms with van der Waals surface area (Å²) in [6.07, 6.45) is 7.05. The summed E-state index contributed by atoms with van der Waals surface area (Å²) >= 11 is 0. The molecule has 1 aromatic heterocycles. The Morgan fingerprint density at radius 3 is 2.50 bits per heavy atom. The highest BCUT2D eigenvalue weighted by molar-refractivity contribution is 6.07. The molecule has 170 valence electrons. The molecule has 3 heteroatoms. The van der Waals surface area contributed by atoms with Crippen molar-refractivity contribution in [1.82, 2.24) is 0 Å². The summed E-state index contributed by atoms with van der Waals surface area (Å²) < 4.78 is 6.70. The number of fused-ring (bicyclic) bond motifs is 18. The van der Waals surface area contributed by atoms with Gasteiger partial charge in [-0.15, -0.1) is 0 Å². The summed E-state index contributed by atoms with van der Waals surface area (Å²) in [6.45, 7) is 0. The molecule has 3 nitrogen and oxygen atoms in total. The van der Waals surface area contributed by atoms with Gasteiger partial charge in [-0.2, -0.15) is 0 Å². The van der Waals surface area contributed by atoms with Crippen LogP contribution >= 0.6 is 0 Å². The zero-order valence-electron chi connectivity index (χ0n) is 19.2. The van der Waals surface area contributed by atoms with E-state index in [1.54, 1.807) is 0 Å². The molecule has 0 aliphatic heterocycles. The number of ketones is 1. The van der Waals surface area contributed by atoms with E-state index in [-0.39, 0.29) is 23.0 Å². The maximum Gasteiger partial charge on any atom is 0.196 e. The van der Waals surface area contributed by atoms with Gasteiger partial charge in [0.1, 0.15) is 11.3 Å². The number of hydrogen-bond donors (Lipinski definition) is 0. The van der Waals surface area contributed by atoms with E-state index in [0.717, 1.165) is 59.0 Å². The van der Waals surface area contributed by atoms with Crippen molar-refractivity contribution < 1.29 is 9.21 Å². The van der Waals surface area contributed by atoms with Crippen LogP contribution in [0.3, 0.4) is 0 Å². The van der Waals surface area contributed by atoms with Crippen LogP contribution < -0.4 is 5.43 Å². The van der Waals surface area contributed by atoms with Gasteiger partial charge in [0, 0.05) is 11.1 Å². The number of rotatable bonds is 0. The number of aryl methyl sites for hydroxylation is 1. The van der Waals surface area contributed by atoms with E-state index in [1.165, 1.54) is 25.7 Å². The van der Waals surface area contributed by atoms with E-state index in [1.807, 2.05) is 42.5 Å². The van der Waals surface area contributed by atoms with Gasteiger partial charge in [-0.1, -0.05) is 36.4 Å². The van der Waals surface area contributed by atoms with Gasteiger partial charge < -0.3 is 4.42 Å². The van der Waals surface area contributed by atoms with E-state index in [2.05, 4.69) is 6.07 Å². The Bertz CT molecular complexity index is 1480. The van der Waals surface area contributed by atoms with E-state index >= 15 is 0 Å². The van der Waals surface area contributed by atoms with Gasteiger partial charge in [-0.25, -0.2) is 0 Å². The highest BCUT2D eigenvalue weighted by Gasteiger charge is 2.74. The molecule has 4 bridgehead atoms. The minimum absolute atomic E-state index is 0.141. The first-order chi connectivity index (χ1) is 16.7. The van der Waals surface area contributed by atoms with Crippen LogP contribution in [0.5, 0.6) is 0 Å². The summed E-state index contributed by atoms with van der Waals surface area (Å²) in [5.41, 5.74) is 3.04. The van der Waals surface area contributed by atoms with E-state index in [0.29, 0.717) is 22.8 Å². The van der Waals surface area contributed by atoms with Crippen LogP contribution in [0.2, 0.25) is 0 Å². The van der Waals surface area contributed by atoms with Gasteiger partial charge >= 0.3 is 0 Å². The molecule has 6 aliphatic rings. The molecule has 34 heavy (non-hydrogen) atoms. The number of carbonyl (C=O) groups is 1. The minimum Gasteiger partial charge on any atom is -0.459 e. The molecule has 0 saturated heterocycles. The molecule has 0 N–H and O–H groups in total. The quantitative estimate of drug-likeness (QED) is 0.318. The predicted molar refractivity (Wildman–Crippen MR) is 129 cm³/mol. The molecular weight excluding hydrogens is 420 g/mol. The first kappa shape index (κ1) is 18.6. The molecule has 1 spiro atoms. The molecule has 6 aliphatic carbocycles. The third kappa shape index (κ3) is 1.86.